The van der Waals surface area contributed by atoms with Crippen LogP contribution in [0.5, 0.6) is 0 Å². The molecule has 0 radical (unpaired) electrons. The van der Waals surface area contributed by atoms with E-state index >= 15 is 0 Å². The highest BCUT2D eigenvalue weighted by molar-refractivity contribution is 5.86. The third kappa shape index (κ3) is 1.46. The molecule has 3 nitrogen and oxygen atoms in total. The summed E-state index contributed by atoms with van der Waals surface area (Å²) in [5, 5.41) is 6.75. The molecular formula is C13H11N3. The molecular weight excluding hydrogens is 198 g/mol. The molecule has 0 spiro atoms. The highest BCUT2D eigenvalue weighted by atomic mass is 15.3. The monoisotopic (exact) mass is 209 g/mol. The van der Waals surface area contributed by atoms with Crippen LogP contribution in [0.3, 0.4) is 0 Å². The van der Waals surface area contributed by atoms with E-state index in [0.717, 1.165) is 11.4 Å². The van der Waals surface area contributed by atoms with Crippen molar-refractivity contribution in [3.8, 4) is 11.4 Å². The van der Waals surface area contributed by atoms with E-state index in [9.17, 15) is 0 Å². The third-order valence-corrected chi connectivity index (χ3v) is 2.61. The summed E-state index contributed by atoms with van der Waals surface area (Å²) in [6.45, 7) is 0. The standard InChI is InChI=1S/C13H11N3/c1-16-9-14-13(15-16)12-7-6-10-4-2-3-5-11(10)8-12/h2-9H,1H3. The Morgan fingerprint density at radius 2 is 1.81 bits per heavy atom. The molecule has 0 amide bonds. The average Bonchev–Trinajstić information content (AvgIpc) is 2.75. The zero-order valence-electron chi connectivity index (χ0n) is 8.96. The summed E-state index contributed by atoms with van der Waals surface area (Å²) in [5.74, 6) is 0.772. The maximum atomic E-state index is 4.29. The number of aryl methyl sites for hydroxylation is 1. The van der Waals surface area contributed by atoms with E-state index in [1.54, 1.807) is 11.0 Å². The molecule has 3 rings (SSSR count). The molecule has 3 heteroatoms. The van der Waals surface area contributed by atoms with E-state index in [1.807, 2.05) is 19.2 Å². The number of hydrogen-bond acceptors (Lipinski definition) is 2. The van der Waals surface area contributed by atoms with E-state index < -0.39 is 0 Å². The van der Waals surface area contributed by atoms with Gasteiger partial charge in [0.25, 0.3) is 0 Å². The van der Waals surface area contributed by atoms with Gasteiger partial charge in [0.05, 0.1) is 0 Å². The molecule has 0 atom stereocenters. The van der Waals surface area contributed by atoms with Crippen LogP contribution in [0.1, 0.15) is 0 Å². The number of nitrogens with zero attached hydrogens (tertiary/aromatic N) is 3. The highest BCUT2D eigenvalue weighted by Gasteiger charge is 2.03. The van der Waals surface area contributed by atoms with Crippen molar-refractivity contribution in [1.29, 1.82) is 0 Å². The summed E-state index contributed by atoms with van der Waals surface area (Å²) in [5.41, 5.74) is 1.05. The second-order valence-electron chi connectivity index (χ2n) is 3.80. The minimum atomic E-state index is 0.772. The first-order chi connectivity index (χ1) is 7.83. The Kier molecular flexibility index (Phi) is 1.96. The minimum absolute atomic E-state index is 0.772. The smallest absolute Gasteiger partial charge is 0.181 e. The van der Waals surface area contributed by atoms with Crippen molar-refractivity contribution in [2.75, 3.05) is 0 Å². The number of aromatic nitrogens is 3. The second kappa shape index (κ2) is 3.45. The van der Waals surface area contributed by atoms with Crippen molar-refractivity contribution in [3.05, 3.63) is 48.8 Å². The van der Waals surface area contributed by atoms with Gasteiger partial charge in [-0.25, -0.2) is 4.98 Å². The largest absolute Gasteiger partial charge is 0.255 e. The molecule has 0 unspecified atom stereocenters. The Morgan fingerprint density at radius 1 is 1.00 bits per heavy atom. The first kappa shape index (κ1) is 9.09. The van der Waals surface area contributed by atoms with E-state index in [1.165, 1.54) is 10.8 Å². The Morgan fingerprint density at radius 3 is 2.56 bits per heavy atom. The van der Waals surface area contributed by atoms with Crippen LogP contribution in [0.15, 0.2) is 48.8 Å². The fourth-order valence-electron chi connectivity index (χ4n) is 1.80. The maximum absolute atomic E-state index is 4.29. The lowest BCUT2D eigenvalue weighted by Crippen LogP contribution is -1.87. The van der Waals surface area contributed by atoms with E-state index in [0.29, 0.717) is 0 Å². The Bertz CT molecular complexity index is 640. The summed E-state index contributed by atoms with van der Waals surface area (Å²) < 4.78 is 1.71. The van der Waals surface area contributed by atoms with Crippen LogP contribution in [0.2, 0.25) is 0 Å². The first-order valence-corrected chi connectivity index (χ1v) is 5.18. The summed E-state index contributed by atoms with van der Waals surface area (Å²) in [6, 6.07) is 14.6. The SMILES string of the molecule is Cn1cnc(-c2ccc3ccccc3c2)n1. The summed E-state index contributed by atoms with van der Waals surface area (Å²) in [7, 11) is 1.87. The maximum Gasteiger partial charge on any atom is 0.181 e. The Hall–Kier alpha value is -2.16. The molecule has 0 aliphatic rings. The normalized spacial score (nSPS) is 10.8. The molecule has 0 fully saturated rings. The number of hydrogen-bond donors (Lipinski definition) is 0. The van der Waals surface area contributed by atoms with Crippen molar-refractivity contribution in [2.24, 2.45) is 7.05 Å². The van der Waals surface area contributed by atoms with E-state index in [-0.39, 0.29) is 0 Å². The topological polar surface area (TPSA) is 30.7 Å². The van der Waals surface area contributed by atoms with Gasteiger partial charge in [0.1, 0.15) is 6.33 Å². The number of fused-ring (bicyclic) bond motifs is 1. The van der Waals surface area contributed by atoms with Gasteiger partial charge in [-0.2, -0.15) is 5.10 Å². The predicted octanol–water partition coefficient (Wildman–Crippen LogP) is 2.64. The fourth-order valence-corrected chi connectivity index (χ4v) is 1.80. The van der Waals surface area contributed by atoms with Gasteiger partial charge in [0.15, 0.2) is 5.82 Å². The molecule has 78 valence electrons. The lowest BCUT2D eigenvalue weighted by Gasteiger charge is -1.99. The second-order valence-corrected chi connectivity index (χ2v) is 3.80. The molecule has 16 heavy (non-hydrogen) atoms. The summed E-state index contributed by atoms with van der Waals surface area (Å²) in [4.78, 5) is 4.24. The molecule has 3 aromatic rings. The van der Waals surface area contributed by atoms with Gasteiger partial charge in [-0.15, -0.1) is 0 Å². The Balaban J connectivity index is 2.18. The van der Waals surface area contributed by atoms with Gasteiger partial charge in [-0.05, 0) is 16.8 Å². The summed E-state index contributed by atoms with van der Waals surface area (Å²) >= 11 is 0. The van der Waals surface area contributed by atoms with Crippen LogP contribution in [-0.2, 0) is 7.05 Å². The van der Waals surface area contributed by atoms with Crippen LogP contribution in [0.25, 0.3) is 22.2 Å². The van der Waals surface area contributed by atoms with E-state index in [4.69, 9.17) is 0 Å². The molecule has 0 saturated carbocycles. The van der Waals surface area contributed by atoms with Gasteiger partial charge in [0, 0.05) is 12.6 Å². The molecule has 2 aromatic carbocycles. The van der Waals surface area contributed by atoms with Gasteiger partial charge >= 0.3 is 0 Å². The number of benzene rings is 2. The van der Waals surface area contributed by atoms with Crippen molar-refractivity contribution >= 4 is 10.8 Å². The van der Waals surface area contributed by atoms with Crippen LogP contribution < -0.4 is 0 Å². The molecule has 1 aromatic heterocycles. The molecule has 0 N–H and O–H groups in total. The highest BCUT2D eigenvalue weighted by Crippen LogP contribution is 2.21. The van der Waals surface area contributed by atoms with Crippen LogP contribution >= 0.6 is 0 Å². The number of rotatable bonds is 1. The zero-order valence-corrected chi connectivity index (χ0v) is 8.96. The minimum Gasteiger partial charge on any atom is -0.255 e. The molecule has 0 aliphatic heterocycles. The van der Waals surface area contributed by atoms with Gasteiger partial charge < -0.3 is 0 Å². The van der Waals surface area contributed by atoms with Gasteiger partial charge in [-0.3, -0.25) is 4.68 Å². The quantitative estimate of drug-likeness (QED) is 0.616. The van der Waals surface area contributed by atoms with Crippen molar-refractivity contribution in [3.63, 3.8) is 0 Å². The molecule has 0 aliphatic carbocycles. The van der Waals surface area contributed by atoms with E-state index in [2.05, 4.69) is 40.4 Å². The van der Waals surface area contributed by atoms with Gasteiger partial charge in [-0.1, -0.05) is 36.4 Å². The molecule has 0 saturated heterocycles. The van der Waals surface area contributed by atoms with Crippen LogP contribution in [0, 0.1) is 0 Å². The van der Waals surface area contributed by atoms with Crippen molar-refractivity contribution in [1.82, 2.24) is 14.8 Å². The van der Waals surface area contributed by atoms with Gasteiger partial charge in [0.2, 0.25) is 0 Å². The third-order valence-electron chi connectivity index (χ3n) is 2.61. The fraction of sp³-hybridized carbons (Fsp3) is 0.0769. The van der Waals surface area contributed by atoms with Crippen LogP contribution in [-0.4, -0.2) is 14.8 Å². The van der Waals surface area contributed by atoms with Crippen molar-refractivity contribution in [2.45, 2.75) is 0 Å². The lowest BCUT2D eigenvalue weighted by atomic mass is 10.1. The average molecular weight is 209 g/mol. The Labute approximate surface area is 93.4 Å². The van der Waals surface area contributed by atoms with Crippen molar-refractivity contribution < 1.29 is 0 Å². The van der Waals surface area contributed by atoms with Crippen LogP contribution in [0.4, 0.5) is 0 Å². The molecule has 0 bridgehead atoms. The zero-order chi connectivity index (χ0) is 11.0. The molecule has 1 heterocycles. The summed E-state index contributed by atoms with van der Waals surface area (Å²) in [6.07, 6.45) is 1.71. The first-order valence-electron chi connectivity index (χ1n) is 5.18. The lowest BCUT2D eigenvalue weighted by molar-refractivity contribution is 0.768. The predicted molar refractivity (Wildman–Crippen MR) is 63.9 cm³/mol.